The summed E-state index contributed by atoms with van der Waals surface area (Å²) in [6.45, 7) is 0. The molecule has 0 aliphatic rings. The normalized spacial score (nSPS) is 10.5. The minimum Gasteiger partial charge on any atom is -0.308 e. The van der Waals surface area contributed by atoms with Gasteiger partial charge in [0, 0.05) is 0 Å². The second-order valence-electron chi connectivity index (χ2n) is 4.80. The molecule has 0 spiro atoms. The molecule has 1 aromatic heterocycles. The standard InChI is InChI=1S/C16H12FN3OS2/c17-11-6-7-12-13(9-11)23-16(18-12)20-15(22)19-14(21)8-10-4-2-1-3-5-10/h1-7,9H,8H2,(H2,18,19,20,21,22). The molecular formula is C16H12FN3OS2. The molecule has 0 saturated carbocycles. The van der Waals surface area contributed by atoms with Crippen LogP contribution < -0.4 is 10.6 Å². The lowest BCUT2D eigenvalue weighted by Gasteiger charge is -2.07. The molecule has 0 radical (unpaired) electrons. The van der Waals surface area contributed by atoms with Gasteiger partial charge in [-0.25, -0.2) is 9.37 Å². The van der Waals surface area contributed by atoms with Crippen LogP contribution in [-0.4, -0.2) is 16.0 Å². The Bertz CT molecular complexity index is 864. The smallest absolute Gasteiger partial charge is 0.230 e. The van der Waals surface area contributed by atoms with Gasteiger partial charge in [0.2, 0.25) is 5.91 Å². The van der Waals surface area contributed by atoms with E-state index < -0.39 is 0 Å². The van der Waals surface area contributed by atoms with Gasteiger partial charge in [0.1, 0.15) is 5.82 Å². The van der Waals surface area contributed by atoms with Crippen LogP contribution in [0.25, 0.3) is 10.2 Å². The lowest BCUT2D eigenvalue weighted by atomic mass is 10.1. The summed E-state index contributed by atoms with van der Waals surface area (Å²) in [5.74, 6) is -0.521. The van der Waals surface area contributed by atoms with Gasteiger partial charge < -0.3 is 10.6 Å². The largest absolute Gasteiger partial charge is 0.308 e. The number of rotatable bonds is 3. The third kappa shape index (κ3) is 4.08. The quantitative estimate of drug-likeness (QED) is 0.714. The third-order valence-corrected chi connectivity index (χ3v) is 4.17. The molecule has 1 heterocycles. The van der Waals surface area contributed by atoms with E-state index in [4.69, 9.17) is 12.2 Å². The number of aromatic nitrogens is 1. The predicted molar refractivity (Wildman–Crippen MR) is 94.1 cm³/mol. The molecule has 0 aliphatic heterocycles. The van der Waals surface area contributed by atoms with Crippen LogP contribution in [-0.2, 0) is 11.2 Å². The van der Waals surface area contributed by atoms with Crippen molar-refractivity contribution in [1.82, 2.24) is 10.3 Å². The van der Waals surface area contributed by atoms with E-state index in [0.717, 1.165) is 5.56 Å². The van der Waals surface area contributed by atoms with Crippen LogP contribution in [0.2, 0.25) is 0 Å². The molecule has 0 saturated heterocycles. The SMILES string of the molecule is O=C(Cc1ccccc1)NC(=S)Nc1nc2ccc(F)cc2s1. The summed E-state index contributed by atoms with van der Waals surface area (Å²) in [5, 5.41) is 6.14. The van der Waals surface area contributed by atoms with E-state index >= 15 is 0 Å². The molecule has 2 aromatic carbocycles. The summed E-state index contributed by atoms with van der Waals surface area (Å²) in [4.78, 5) is 16.2. The van der Waals surface area contributed by atoms with E-state index in [1.807, 2.05) is 30.3 Å². The average Bonchev–Trinajstić information content (AvgIpc) is 2.89. The molecule has 0 fully saturated rings. The maximum Gasteiger partial charge on any atom is 0.230 e. The van der Waals surface area contributed by atoms with E-state index in [1.54, 1.807) is 6.07 Å². The fourth-order valence-electron chi connectivity index (χ4n) is 2.03. The maximum atomic E-state index is 13.2. The molecule has 23 heavy (non-hydrogen) atoms. The highest BCUT2D eigenvalue weighted by atomic mass is 32.1. The summed E-state index contributed by atoms with van der Waals surface area (Å²) in [5.41, 5.74) is 1.58. The summed E-state index contributed by atoms with van der Waals surface area (Å²) in [6, 6.07) is 13.8. The first-order valence-corrected chi connectivity index (χ1v) is 8.03. The highest BCUT2D eigenvalue weighted by molar-refractivity contribution is 7.80. The number of thiazole rings is 1. The highest BCUT2D eigenvalue weighted by Gasteiger charge is 2.09. The van der Waals surface area contributed by atoms with Crippen molar-refractivity contribution in [2.45, 2.75) is 6.42 Å². The first-order chi connectivity index (χ1) is 11.1. The first-order valence-electron chi connectivity index (χ1n) is 6.81. The fraction of sp³-hybridized carbons (Fsp3) is 0.0625. The van der Waals surface area contributed by atoms with E-state index in [1.165, 1.54) is 23.5 Å². The van der Waals surface area contributed by atoms with Gasteiger partial charge in [-0.05, 0) is 36.0 Å². The Hall–Kier alpha value is -2.38. The number of thiocarbonyl (C=S) groups is 1. The van der Waals surface area contributed by atoms with Crippen LogP contribution in [0, 0.1) is 5.82 Å². The minimum atomic E-state index is -0.313. The van der Waals surface area contributed by atoms with E-state index in [0.29, 0.717) is 15.3 Å². The van der Waals surface area contributed by atoms with Crippen LogP contribution in [0.15, 0.2) is 48.5 Å². The van der Waals surface area contributed by atoms with Gasteiger partial charge in [0.05, 0.1) is 16.6 Å². The zero-order valence-electron chi connectivity index (χ0n) is 11.9. The first kappa shape index (κ1) is 15.5. The molecule has 1 amide bonds. The lowest BCUT2D eigenvalue weighted by Crippen LogP contribution is -2.35. The van der Waals surface area contributed by atoms with Gasteiger partial charge in [0.25, 0.3) is 0 Å². The molecule has 2 N–H and O–H groups in total. The number of hydrogen-bond donors (Lipinski definition) is 2. The Morgan fingerprint density at radius 2 is 2.00 bits per heavy atom. The van der Waals surface area contributed by atoms with Crippen molar-refractivity contribution in [3.8, 4) is 0 Å². The number of anilines is 1. The lowest BCUT2D eigenvalue weighted by molar-refractivity contribution is -0.119. The molecule has 0 aliphatic carbocycles. The zero-order chi connectivity index (χ0) is 16.2. The predicted octanol–water partition coefficient (Wildman–Crippen LogP) is 3.49. The molecule has 4 nitrogen and oxygen atoms in total. The van der Waals surface area contributed by atoms with E-state index in [-0.39, 0.29) is 23.3 Å². The Morgan fingerprint density at radius 1 is 1.22 bits per heavy atom. The zero-order valence-corrected chi connectivity index (χ0v) is 13.5. The maximum absolute atomic E-state index is 13.2. The van der Waals surface area contributed by atoms with Crippen molar-refractivity contribution in [1.29, 1.82) is 0 Å². The number of carbonyl (C=O) groups excluding carboxylic acids is 1. The van der Waals surface area contributed by atoms with Crippen molar-refractivity contribution < 1.29 is 9.18 Å². The number of hydrogen-bond acceptors (Lipinski definition) is 4. The third-order valence-electron chi connectivity index (χ3n) is 3.03. The van der Waals surface area contributed by atoms with Gasteiger partial charge in [-0.3, -0.25) is 4.79 Å². The topological polar surface area (TPSA) is 54.0 Å². The van der Waals surface area contributed by atoms with Crippen molar-refractivity contribution in [2.75, 3.05) is 5.32 Å². The summed E-state index contributed by atoms with van der Waals surface area (Å²) >= 11 is 6.38. The molecule has 0 unspecified atom stereocenters. The van der Waals surface area contributed by atoms with E-state index in [9.17, 15) is 9.18 Å². The Labute approximate surface area is 141 Å². The van der Waals surface area contributed by atoms with Crippen LogP contribution in [0.4, 0.5) is 9.52 Å². The van der Waals surface area contributed by atoms with E-state index in [2.05, 4.69) is 15.6 Å². The van der Waals surface area contributed by atoms with Gasteiger partial charge >= 0.3 is 0 Å². The number of benzene rings is 2. The van der Waals surface area contributed by atoms with Crippen LogP contribution >= 0.6 is 23.6 Å². The Morgan fingerprint density at radius 3 is 2.78 bits per heavy atom. The van der Waals surface area contributed by atoms with Crippen LogP contribution in [0.1, 0.15) is 5.56 Å². The second kappa shape index (κ2) is 6.80. The average molecular weight is 345 g/mol. The number of nitrogens with one attached hydrogen (secondary N) is 2. The molecule has 7 heteroatoms. The van der Waals surface area contributed by atoms with Gasteiger partial charge in [0.15, 0.2) is 10.2 Å². The van der Waals surface area contributed by atoms with Crippen molar-refractivity contribution in [2.24, 2.45) is 0 Å². The number of fused-ring (bicyclic) bond motifs is 1. The van der Waals surface area contributed by atoms with Crippen molar-refractivity contribution >= 4 is 49.9 Å². The molecular weight excluding hydrogens is 333 g/mol. The molecule has 3 aromatic rings. The number of nitrogens with zero attached hydrogens (tertiary/aromatic N) is 1. The van der Waals surface area contributed by atoms with Crippen LogP contribution in [0.5, 0.6) is 0 Å². The Kier molecular flexibility index (Phi) is 4.59. The molecule has 0 atom stereocenters. The van der Waals surface area contributed by atoms with Crippen LogP contribution in [0.3, 0.4) is 0 Å². The summed E-state index contributed by atoms with van der Waals surface area (Å²) in [7, 11) is 0. The van der Waals surface area contributed by atoms with Gasteiger partial charge in [-0.15, -0.1) is 0 Å². The molecule has 0 bridgehead atoms. The fourth-order valence-corrected chi connectivity index (χ4v) is 3.20. The van der Waals surface area contributed by atoms with Crippen molar-refractivity contribution in [3.05, 3.63) is 59.9 Å². The number of halogens is 1. The molecule has 3 rings (SSSR count). The monoisotopic (exact) mass is 345 g/mol. The summed E-state index contributed by atoms with van der Waals surface area (Å²) in [6.07, 6.45) is 0.244. The number of carbonyl (C=O) groups is 1. The second-order valence-corrected chi connectivity index (χ2v) is 6.23. The van der Waals surface area contributed by atoms with Gasteiger partial charge in [-0.1, -0.05) is 41.7 Å². The highest BCUT2D eigenvalue weighted by Crippen LogP contribution is 2.26. The minimum absolute atomic E-state index is 0.172. The number of amides is 1. The Balaban J connectivity index is 1.60. The van der Waals surface area contributed by atoms with Gasteiger partial charge in [-0.2, -0.15) is 0 Å². The summed E-state index contributed by atoms with van der Waals surface area (Å²) < 4.78 is 13.9. The van der Waals surface area contributed by atoms with Crippen molar-refractivity contribution in [3.63, 3.8) is 0 Å². The molecule has 116 valence electrons.